The van der Waals surface area contributed by atoms with Gasteiger partial charge in [-0.1, -0.05) is 12.1 Å². The first-order valence-corrected chi connectivity index (χ1v) is 8.57. The van der Waals surface area contributed by atoms with Crippen molar-refractivity contribution in [2.24, 2.45) is 0 Å². The third-order valence-electron chi connectivity index (χ3n) is 3.85. The van der Waals surface area contributed by atoms with Gasteiger partial charge in [0, 0.05) is 44.4 Å². The summed E-state index contributed by atoms with van der Waals surface area (Å²) in [5, 5.41) is 10.8. The Labute approximate surface area is 124 Å². The smallest absolute Gasteiger partial charge is 0.269 e. The van der Waals surface area contributed by atoms with Crippen LogP contribution in [0.4, 0.5) is 5.69 Å². The van der Waals surface area contributed by atoms with Crippen LogP contribution in [0, 0.1) is 10.1 Å². The maximum Gasteiger partial charge on any atom is 0.269 e. The van der Waals surface area contributed by atoms with Crippen LogP contribution in [-0.2, 0) is 10.0 Å². The maximum absolute atomic E-state index is 11.5. The van der Waals surface area contributed by atoms with Crippen molar-refractivity contribution in [1.29, 1.82) is 0 Å². The molecule has 1 aromatic rings. The lowest BCUT2D eigenvalue weighted by Crippen LogP contribution is -2.48. The molecular formula is C13H19N3O4S. The quantitative estimate of drug-likeness (QED) is 0.617. The van der Waals surface area contributed by atoms with Gasteiger partial charge in [0.15, 0.2) is 0 Å². The summed E-state index contributed by atoms with van der Waals surface area (Å²) < 4.78 is 24.4. The number of nitrogens with zero attached hydrogens (tertiary/aromatic N) is 3. The zero-order chi connectivity index (χ0) is 15.6. The van der Waals surface area contributed by atoms with Gasteiger partial charge in [-0.25, -0.2) is 8.42 Å². The molecule has 1 aromatic carbocycles. The van der Waals surface area contributed by atoms with Crippen LogP contribution in [0.1, 0.15) is 18.5 Å². The van der Waals surface area contributed by atoms with Crippen molar-refractivity contribution >= 4 is 15.7 Å². The Morgan fingerprint density at radius 2 is 1.86 bits per heavy atom. The Morgan fingerprint density at radius 1 is 1.24 bits per heavy atom. The van der Waals surface area contributed by atoms with Crippen molar-refractivity contribution in [3.05, 3.63) is 39.9 Å². The number of hydrogen-bond donors (Lipinski definition) is 0. The zero-order valence-electron chi connectivity index (χ0n) is 12.1. The fourth-order valence-electron chi connectivity index (χ4n) is 2.53. The summed E-state index contributed by atoms with van der Waals surface area (Å²) in [7, 11) is -3.14. The number of nitro benzene ring substituents is 1. The molecule has 8 heteroatoms. The number of nitro groups is 1. The van der Waals surface area contributed by atoms with E-state index in [1.54, 1.807) is 12.1 Å². The summed E-state index contributed by atoms with van der Waals surface area (Å²) in [6.07, 6.45) is 1.21. The number of hydrogen-bond acceptors (Lipinski definition) is 5. The van der Waals surface area contributed by atoms with Gasteiger partial charge in [0.05, 0.1) is 11.2 Å². The van der Waals surface area contributed by atoms with E-state index in [9.17, 15) is 18.5 Å². The van der Waals surface area contributed by atoms with Gasteiger partial charge in [0.25, 0.3) is 5.69 Å². The topological polar surface area (TPSA) is 83.8 Å². The maximum atomic E-state index is 11.5. The van der Waals surface area contributed by atoms with E-state index in [1.807, 2.05) is 13.0 Å². The molecule has 1 aliphatic heterocycles. The standard InChI is InChI=1S/C13H19N3O4S/c1-11(12-4-3-5-13(10-12)16(17)18)14-6-8-15(9-7-14)21(2,19)20/h3-5,10-11H,6-9H2,1-2H3/t11-/m1/s1. The van der Waals surface area contributed by atoms with Crippen molar-refractivity contribution in [3.63, 3.8) is 0 Å². The van der Waals surface area contributed by atoms with Crippen LogP contribution in [0.2, 0.25) is 0 Å². The van der Waals surface area contributed by atoms with E-state index >= 15 is 0 Å². The predicted molar refractivity (Wildman–Crippen MR) is 79.5 cm³/mol. The molecule has 0 bridgehead atoms. The van der Waals surface area contributed by atoms with Crippen LogP contribution in [0.5, 0.6) is 0 Å². The Bertz CT molecular complexity index is 624. The number of piperazine rings is 1. The summed E-state index contributed by atoms with van der Waals surface area (Å²) in [5.74, 6) is 0. The number of non-ortho nitro benzene ring substituents is 1. The fourth-order valence-corrected chi connectivity index (χ4v) is 3.36. The SMILES string of the molecule is C[C@H](c1cccc([N+](=O)[O-])c1)N1CCN(S(C)(=O)=O)CC1. The van der Waals surface area contributed by atoms with Crippen LogP contribution >= 0.6 is 0 Å². The van der Waals surface area contributed by atoms with Crippen LogP contribution in [0.15, 0.2) is 24.3 Å². The summed E-state index contributed by atoms with van der Waals surface area (Å²) in [6, 6.07) is 6.61. The second-order valence-electron chi connectivity index (χ2n) is 5.23. The van der Waals surface area contributed by atoms with E-state index in [1.165, 1.54) is 16.6 Å². The van der Waals surface area contributed by atoms with Gasteiger partial charge >= 0.3 is 0 Å². The fraction of sp³-hybridized carbons (Fsp3) is 0.538. The predicted octanol–water partition coefficient (Wildman–Crippen LogP) is 1.23. The Hall–Kier alpha value is -1.51. The third kappa shape index (κ3) is 3.78. The average Bonchev–Trinajstić information content (AvgIpc) is 2.46. The summed E-state index contributed by atoms with van der Waals surface area (Å²) in [5.41, 5.74) is 0.950. The van der Waals surface area contributed by atoms with Crippen LogP contribution in [0.3, 0.4) is 0 Å². The van der Waals surface area contributed by atoms with Gasteiger partial charge in [0.1, 0.15) is 0 Å². The zero-order valence-corrected chi connectivity index (χ0v) is 12.9. The summed E-state index contributed by atoms with van der Waals surface area (Å²) in [6.45, 7) is 4.14. The van der Waals surface area contributed by atoms with Gasteiger partial charge in [-0.05, 0) is 12.5 Å². The highest BCUT2D eigenvalue weighted by Gasteiger charge is 2.26. The monoisotopic (exact) mass is 313 g/mol. The molecule has 1 heterocycles. The molecule has 0 radical (unpaired) electrons. The van der Waals surface area contributed by atoms with E-state index in [0.717, 1.165) is 5.56 Å². The average molecular weight is 313 g/mol. The van der Waals surface area contributed by atoms with Crippen molar-refractivity contribution in [3.8, 4) is 0 Å². The number of sulfonamides is 1. The summed E-state index contributed by atoms with van der Waals surface area (Å²) >= 11 is 0. The van der Waals surface area contributed by atoms with Gasteiger partial charge in [-0.15, -0.1) is 0 Å². The van der Waals surface area contributed by atoms with Gasteiger partial charge in [-0.2, -0.15) is 4.31 Å². The normalized spacial score (nSPS) is 19.3. The molecule has 0 amide bonds. The van der Waals surface area contributed by atoms with E-state index < -0.39 is 14.9 Å². The number of benzene rings is 1. The lowest BCUT2D eigenvalue weighted by atomic mass is 10.1. The molecule has 0 aromatic heterocycles. The van der Waals surface area contributed by atoms with Crippen LogP contribution in [0.25, 0.3) is 0 Å². The minimum atomic E-state index is -3.14. The molecule has 0 saturated carbocycles. The van der Waals surface area contributed by atoms with E-state index in [0.29, 0.717) is 26.2 Å². The molecule has 21 heavy (non-hydrogen) atoms. The van der Waals surface area contributed by atoms with Gasteiger partial charge in [-0.3, -0.25) is 15.0 Å². The molecule has 1 aliphatic rings. The number of rotatable bonds is 4. The summed E-state index contributed by atoms with van der Waals surface area (Å²) in [4.78, 5) is 12.6. The second kappa shape index (κ2) is 6.08. The molecule has 0 unspecified atom stereocenters. The molecule has 1 fully saturated rings. The first kappa shape index (κ1) is 15.9. The van der Waals surface area contributed by atoms with Crippen molar-refractivity contribution in [2.45, 2.75) is 13.0 Å². The van der Waals surface area contributed by atoms with Gasteiger partial charge < -0.3 is 0 Å². The van der Waals surface area contributed by atoms with E-state index in [-0.39, 0.29) is 11.7 Å². The molecule has 7 nitrogen and oxygen atoms in total. The molecule has 0 aliphatic carbocycles. The Balaban J connectivity index is 2.07. The van der Waals surface area contributed by atoms with E-state index in [2.05, 4.69) is 4.90 Å². The van der Waals surface area contributed by atoms with Crippen molar-refractivity contribution in [1.82, 2.24) is 9.21 Å². The first-order valence-electron chi connectivity index (χ1n) is 6.72. The lowest BCUT2D eigenvalue weighted by Gasteiger charge is -2.37. The lowest BCUT2D eigenvalue weighted by molar-refractivity contribution is -0.385. The molecule has 116 valence electrons. The molecular weight excluding hydrogens is 294 g/mol. The first-order chi connectivity index (χ1) is 9.79. The van der Waals surface area contributed by atoms with Crippen LogP contribution in [-0.4, -0.2) is 55.0 Å². The van der Waals surface area contributed by atoms with Gasteiger partial charge in [0.2, 0.25) is 10.0 Å². The highest BCUT2D eigenvalue weighted by atomic mass is 32.2. The minimum absolute atomic E-state index is 0.0200. The van der Waals surface area contributed by atoms with E-state index in [4.69, 9.17) is 0 Å². The highest BCUT2D eigenvalue weighted by Crippen LogP contribution is 2.25. The molecule has 0 spiro atoms. The Morgan fingerprint density at radius 3 is 2.38 bits per heavy atom. The second-order valence-corrected chi connectivity index (χ2v) is 7.21. The Kier molecular flexibility index (Phi) is 4.60. The van der Waals surface area contributed by atoms with Crippen molar-refractivity contribution < 1.29 is 13.3 Å². The molecule has 2 rings (SSSR count). The molecule has 1 saturated heterocycles. The third-order valence-corrected chi connectivity index (χ3v) is 5.16. The highest BCUT2D eigenvalue weighted by molar-refractivity contribution is 7.88. The van der Waals surface area contributed by atoms with Crippen LogP contribution < -0.4 is 0 Å². The van der Waals surface area contributed by atoms with Crippen molar-refractivity contribution in [2.75, 3.05) is 32.4 Å². The minimum Gasteiger partial charge on any atom is -0.294 e. The molecule has 0 N–H and O–H groups in total. The molecule has 1 atom stereocenters. The largest absolute Gasteiger partial charge is 0.294 e.